The standard InChI is InChI=1S/C19H20Cl2N4O2/c20-15-1-2-16(21)14(9-15)12-25-4-3-22-18-17(25)10-13(11-23-18)19(26)24-5-7-27-8-6-24/h1-2,9-11H,3-8,12H2,(H,22,23). The molecule has 8 heteroatoms. The van der Waals surface area contributed by atoms with Gasteiger partial charge in [-0.25, -0.2) is 4.98 Å². The van der Waals surface area contributed by atoms with Gasteiger partial charge in [0.25, 0.3) is 5.91 Å². The summed E-state index contributed by atoms with van der Waals surface area (Å²) in [6.45, 7) is 4.52. The van der Waals surface area contributed by atoms with Gasteiger partial charge in [-0.05, 0) is 29.8 Å². The van der Waals surface area contributed by atoms with Crippen LogP contribution in [0.2, 0.25) is 10.0 Å². The summed E-state index contributed by atoms with van der Waals surface area (Å²) in [6, 6.07) is 7.37. The molecule has 3 heterocycles. The van der Waals surface area contributed by atoms with E-state index in [9.17, 15) is 4.79 Å². The first kappa shape index (κ1) is 18.3. The van der Waals surface area contributed by atoms with Crippen LogP contribution in [0.15, 0.2) is 30.5 Å². The van der Waals surface area contributed by atoms with E-state index in [0.717, 1.165) is 30.2 Å². The van der Waals surface area contributed by atoms with Gasteiger partial charge in [0.15, 0.2) is 0 Å². The van der Waals surface area contributed by atoms with Gasteiger partial charge in [0.05, 0.1) is 24.5 Å². The Kier molecular flexibility index (Phi) is 5.38. The molecule has 27 heavy (non-hydrogen) atoms. The highest BCUT2D eigenvalue weighted by Crippen LogP contribution is 2.31. The van der Waals surface area contributed by atoms with E-state index < -0.39 is 0 Å². The van der Waals surface area contributed by atoms with E-state index in [1.165, 1.54) is 0 Å². The summed E-state index contributed by atoms with van der Waals surface area (Å²) < 4.78 is 5.33. The largest absolute Gasteiger partial charge is 0.378 e. The van der Waals surface area contributed by atoms with Gasteiger partial charge in [-0.3, -0.25) is 4.79 Å². The predicted octanol–water partition coefficient (Wildman–Crippen LogP) is 3.29. The third-order valence-electron chi connectivity index (χ3n) is 4.80. The number of hydrogen-bond donors (Lipinski definition) is 1. The van der Waals surface area contributed by atoms with Gasteiger partial charge in [0, 0.05) is 49.0 Å². The fourth-order valence-electron chi connectivity index (χ4n) is 3.36. The van der Waals surface area contributed by atoms with E-state index in [1.807, 2.05) is 12.1 Å². The third kappa shape index (κ3) is 3.98. The number of benzene rings is 1. The molecule has 1 saturated heterocycles. The maximum absolute atomic E-state index is 12.8. The Labute approximate surface area is 168 Å². The van der Waals surface area contributed by atoms with E-state index >= 15 is 0 Å². The molecule has 0 unspecified atom stereocenters. The quantitative estimate of drug-likeness (QED) is 0.847. The summed E-state index contributed by atoms with van der Waals surface area (Å²) >= 11 is 12.5. The van der Waals surface area contributed by atoms with Gasteiger partial charge in [-0.1, -0.05) is 23.2 Å². The van der Waals surface area contributed by atoms with Crippen LogP contribution in [0.4, 0.5) is 11.5 Å². The molecule has 4 rings (SSSR count). The van der Waals surface area contributed by atoms with Gasteiger partial charge in [0.1, 0.15) is 5.82 Å². The van der Waals surface area contributed by atoms with Crippen LogP contribution in [-0.4, -0.2) is 55.2 Å². The van der Waals surface area contributed by atoms with Gasteiger partial charge in [-0.15, -0.1) is 0 Å². The van der Waals surface area contributed by atoms with E-state index in [0.29, 0.717) is 48.5 Å². The van der Waals surface area contributed by atoms with Gasteiger partial charge in [-0.2, -0.15) is 0 Å². The van der Waals surface area contributed by atoms with Crippen LogP contribution in [0.1, 0.15) is 15.9 Å². The first-order valence-corrected chi connectivity index (χ1v) is 9.67. The van der Waals surface area contributed by atoms with E-state index in [-0.39, 0.29) is 5.91 Å². The molecule has 0 bridgehead atoms. The van der Waals surface area contributed by atoms with E-state index in [4.69, 9.17) is 27.9 Å². The Bertz CT molecular complexity index is 856. The summed E-state index contributed by atoms with van der Waals surface area (Å²) in [5.41, 5.74) is 2.43. The van der Waals surface area contributed by atoms with E-state index in [2.05, 4.69) is 15.2 Å². The number of rotatable bonds is 3. The predicted molar refractivity (Wildman–Crippen MR) is 107 cm³/mol. The monoisotopic (exact) mass is 406 g/mol. The lowest BCUT2D eigenvalue weighted by atomic mass is 10.1. The number of hydrogen-bond acceptors (Lipinski definition) is 5. The van der Waals surface area contributed by atoms with Crippen molar-refractivity contribution in [3.05, 3.63) is 51.6 Å². The van der Waals surface area contributed by atoms with Crippen molar-refractivity contribution in [3.8, 4) is 0 Å². The molecule has 0 spiro atoms. The van der Waals surface area contributed by atoms with Crippen molar-refractivity contribution in [1.29, 1.82) is 0 Å². The summed E-state index contributed by atoms with van der Waals surface area (Å²) in [6.07, 6.45) is 1.64. The van der Waals surface area contributed by atoms with Crippen molar-refractivity contribution in [2.45, 2.75) is 6.54 Å². The van der Waals surface area contributed by atoms with Crippen LogP contribution >= 0.6 is 23.2 Å². The zero-order valence-corrected chi connectivity index (χ0v) is 16.3. The molecule has 6 nitrogen and oxygen atoms in total. The summed E-state index contributed by atoms with van der Waals surface area (Å²) in [7, 11) is 0. The van der Waals surface area contributed by atoms with Gasteiger partial charge < -0.3 is 19.9 Å². The molecule has 142 valence electrons. The van der Waals surface area contributed by atoms with E-state index in [1.54, 1.807) is 23.2 Å². The summed E-state index contributed by atoms with van der Waals surface area (Å²) in [5.74, 6) is 0.762. The highest BCUT2D eigenvalue weighted by molar-refractivity contribution is 6.33. The normalized spacial score (nSPS) is 16.7. The molecule has 1 fully saturated rings. The molecule has 2 aromatic rings. The number of carbonyl (C=O) groups is 1. The lowest BCUT2D eigenvalue weighted by Gasteiger charge is -2.32. The van der Waals surface area contributed by atoms with Crippen LogP contribution in [0.5, 0.6) is 0 Å². The number of carbonyl (C=O) groups excluding carboxylic acids is 1. The second kappa shape index (κ2) is 7.92. The minimum atomic E-state index is -0.0140. The lowest BCUT2D eigenvalue weighted by Crippen LogP contribution is -2.41. The molecular weight excluding hydrogens is 387 g/mol. The highest BCUT2D eigenvalue weighted by Gasteiger charge is 2.24. The zero-order chi connectivity index (χ0) is 18.8. The molecular formula is C19H20Cl2N4O2. The average molecular weight is 407 g/mol. The molecule has 0 saturated carbocycles. The molecule has 0 aliphatic carbocycles. The number of nitrogens with one attached hydrogen (secondary N) is 1. The van der Waals surface area contributed by atoms with Crippen LogP contribution < -0.4 is 10.2 Å². The molecule has 1 amide bonds. The molecule has 2 aliphatic rings. The maximum Gasteiger partial charge on any atom is 0.255 e. The molecule has 1 N–H and O–H groups in total. The van der Waals surface area contributed by atoms with Crippen LogP contribution in [-0.2, 0) is 11.3 Å². The molecule has 0 atom stereocenters. The first-order valence-electron chi connectivity index (χ1n) is 8.91. The first-order chi connectivity index (χ1) is 13.1. The Balaban J connectivity index is 1.61. The minimum absolute atomic E-state index is 0.0140. The fourth-order valence-corrected chi connectivity index (χ4v) is 3.73. The highest BCUT2D eigenvalue weighted by atomic mass is 35.5. The number of halogens is 2. The van der Waals surface area contributed by atoms with Crippen LogP contribution in [0.3, 0.4) is 0 Å². The number of anilines is 2. The van der Waals surface area contributed by atoms with Gasteiger partial charge in [0.2, 0.25) is 0 Å². The topological polar surface area (TPSA) is 57.7 Å². The smallest absolute Gasteiger partial charge is 0.255 e. The molecule has 1 aromatic heterocycles. The SMILES string of the molecule is O=C(c1cnc2c(c1)N(Cc1cc(Cl)ccc1Cl)CCN2)N1CCOCC1. The number of morpholine rings is 1. The molecule has 2 aliphatic heterocycles. The number of ether oxygens (including phenoxy) is 1. The van der Waals surface area contributed by atoms with Crippen molar-refractivity contribution >= 4 is 40.6 Å². The maximum atomic E-state index is 12.8. The van der Waals surface area contributed by atoms with Crippen molar-refractivity contribution in [1.82, 2.24) is 9.88 Å². The van der Waals surface area contributed by atoms with Crippen molar-refractivity contribution < 1.29 is 9.53 Å². The summed E-state index contributed by atoms with van der Waals surface area (Å²) in [4.78, 5) is 21.3. The molecule has 1 aromatic carbocycles. The third-order valence-corrected chi connectivity index (χ3v) is 5.40. The second-order valence-corrected chi connectivity index (χ2v) is 7.42. The Morgan fingerprint density at radius 2 is 2.00 bits per heavy atom. The Morgan fingerprint density at radius 3 is 2.81 bits per heavy atom. The number of nitrogens with zero attached hydrogens (tertiary/aromatic N) is 3. The Hall–Kier alpha value is -2.02. The van der Waals surface area contributed by atoms with Crippen LogP contribution in [0.25, 0.3) is 0 Å². The van der Waals surface area contributed by atoms with Crippen molar-refractivity contribution in [2.24, 2.45) is 0 Å². The number of fused-ring (bicyclic) bond motifs is 1. The summed E-state index contributed by atoms with van der Waals surface area (Å²) in [5, 5.41) is 4.62. The second-order valence-electron chi connectivity index (χ2n) is 6.58. The van der Waals surface area contributed by atoms with Gasteiger partial charge >= 0.3 is 0 Å². The fraction of sp³-hybridized carbons (Fsp3) is 0.368. The average Bonchev–Trinajstić information content (AvgIpc) is 2.71. The van der Waals surface area contributed by atoms with Crippen molar-refractivity contribution in [3.63, 3.8) is 0 Å². The number of aromatic nitrogens is 1. The van der Waals surface area contributed by atoms with Crippen LogP contribution in [0, 0.1) is 0 Å². The van der Waals surface area contributed by atoms with Crippen molar-refractivity contribution in [2.75, 3.05) is 49.6 Å². The number of pyridine rings is 1. The zero-order valence-electron chi connectivity index (χ0n) is 14.8. The lowest BCUT2D eigenvalue weighted by molar-refractivity contribution is 0.0302. The molecule has 0 radical (unpaired) electrons. The minimum Gasteiger partial charge on any atom is -0.378 e. The number of amides is 1. The Morgan fingerprint density at radius 1 is 1.19 bits per heavy atom.